The van der Waals surface area contributed by atoms with Crippen molar-refractivity contribution in [1.29, 1.82) is 0 Å². The predicted molar refractivity (Wildman–Crippen MR) is 91.3 cm³/mol. The van der Waals surface area contributed by atoms with E-state index in [-0.39, 0.29) is 5.91 Å². The van der Waals surface area contributed by atoms with E-state index in [0.29, 0.717) is 6.54 Å². The van der Waals surface area contributed by atoms with E-state index in [0.717, 1.165) is 23.4 Å². The number of nitrogens with zero attached hydrogens (tertiary/aromatic N) is 2. The molecule has 3 N–H and O–H groups in total. The normalized spacial score (nSPS) is 11.6. The van der Waals surface area contributed by atoms with E-state index in [1.165, 1.54) is 0 Å². The van der Waals surface area contributed by atoms with Crippen LogP contribution in [-0.4, -0.2) is 28.8 Å². The Kier molecular flexibility index (Phi) is 5.95. The summed E-state index contributed by atoms with van der Waals surface area (Å²) in [7, 11) is 1.54. The van der Waals surface area contributed by atoms with Gasteiger partial charge in [0.25, 0.3) is 0 Å². The second-order valence-electron chi connectivity index (χ2n) is 5.38. The van der Waals surface area contributed by atoms with Gasteiger partial charge in [-0.25, -0.2) is 4.79 Å². The molecule has 0 aliphatic carbocycles. The first kappa shape index (κ1) is 17.5. The van der Waals surface area contributed by atoms with Gasteiger partial charge in [-0.05, 0) is 19.4 Å². The number of carbonyl (C=O) groups excluding carboxylic acids is 2. The molecule has 2 aromatic rings. The van der Waals surface area contributed by atoms with Crippen molar-refractivity contribution in [2.45, 2.75) is 33.0 Å². The van der Waals surface area contributed by atoms with Crippen LogP contribution in [0.2, 0.25) is 0 Å². The van der Waals surface area contributed by atoms with Crippen LogP contribution >= 0.6 is 0 Å². The third-order valence-corrected chi connectivity index (χ3v) is 3.73. The summed E-state index contributed by atoms with van der Waals surface area (Å²) in [5, 5.41) is 12.4. The first-order valence-corrected chi connectivity index (χ1v) is 7.89. The smallest absolute Gasteiger partial charge is 0.315 e. The molecule has 0 aliphatic rings. The summed E-state index contributed by atoms with van der Waals surface area (Å²) >= 11 is 0. The Morgan fingerprint density at radius 3 is 2.54 bits per heavy atom. The van der Waals surface area contributed by atoms with E-state index >= 15 is 0 Å². The van der Waals surface area contributed by atoms with Crippen molar-refractivity contribution in [3.8, 4) is 0 Å². The first-order chi connectivity index (χ1) is 11.5. The highest BCUT2D eigenvalue weighted by Crippen LogP contribution is 2.12. The highest BCUT2D eigenvalue weighted by atomic mass is 16.2. The van der Waals surface area contributed by atoms with Crippen LogP contribution in [0.3, 0.4) is 0 Å². The Balaban J connectivity index is 2.00. The van der Waals surface area contributed by atoms with E-state index < -0.39 is 12.1 Å². The van der Waals surface area contributed by atoms with Gasteiger partial charge in [-0.2, -0.15) is 5.10 Å². The Hall–Kier alpha value is -2.83. The third-order valence-electron chi connectivity index (χ3n) is 3.73. The van der Waals surface area contributed by atoms with Crippen molar-refractivity contribution >= 4 is 11.9 Å². The number of nitrogens with one attached hydrogen (secondary N) is 3. The van der Waals surface area contributed by atoms with Crippen molar-refractivity contribution < 1.29 is 9.59 Å². The molecule has 0 saturated heterocycles. The molecular weight excluding hydrogens is 306 g/mol. The molecule has 0 fully saturated rings. The van der Waals surface area contributed by atoms with Gasteiger partial charge in [-0.1, -0.05) is 30.3 Å². The van der Waals surface area contributed by atoms with Gasteiger partial charge in [0.15, 0.2) is 0 Å². The highest BCUT2D eigenvalue weighted by Gasteiger charge is 2.21. The zero-order valence-electron chi connectivity index (χ0n) is 14.2. The number of hydrogen-bond donors (Lipinski definition) is 3. The summed E-state index contributed by atoms with van der Waals surface area (Å²) in [5.74, 6) is -0.272. The molecule has 7 nitrogen and oxygen atoms in total. The molecular formula is C17H23N5O2. The van der Waals surface area contributed by atoms with Gasteiger partial charge in [0.05, 0.1) is 5.69 Å². The van der Waals surface area contributed by atoms with Crippen molar-refractivity contribution in [2.75, 3.05) is 7.05 Å². The van der Waals surface area contributed by atoms with Crippen LogP contribution in [0, 0.1) is 6.92 Å². The van der Waals surface area contributed by atoms with Crippen molar-refractivity contribution in [3.05, 3.63) is 53.3 Å². The molecule has 0 spiro atoms. The SMILES string of the molecule is CCn1cc(CNC(=O)N[C@H](C(=O)NC)c2ccccc2)c(C)n1. The maximum Gasteiger partial charge on any atom is 0.315 e. The van der Waals surface area contributed by atoms with Crippen molar-refractivity contribution in [3.63, 3.8) is 0 Å². The number of aryl methyl sites for hydroxylation is 2. The number of amides is 3. The second-order valence-corrected chi connectivity index (χ2v) is 5.38. The molecule has 1 atom stereocenters. The van der Waals surface area contributed by atoms with Gasteiger partial charge < -0.3 is 16.0 Å². The number of urea groups is 1. The Morgan fingerprint density at radius 2 is 1.96 bits per heavy atom. The highest BCUT2D eigenvalue weighted by molar-refractivity contribution is 5.87. The van der Waals surface area contributed by atoms with E-state index in [1.54, 1.807) is 19.2 Å². The van der Waals surface area contributed by atoms with E-state index in [1.807, 2.05) is 42.9 Å². The fraction of sp³-hybridized carbons (Fsp3) is 0.353. The Bertz CT molecular complexity index is 696. The van der Waals surface area contributed by atoms with E-state index in [4.69, 9.17) is 0 Å². The molecule has 0 aliphatic heterocycles. The maximum absolute atomic E-state index is 12.2. The lowest BCUT2D eigenvalue weighted by atomic mass is 10.1. The molecule has 1 heterocycles. The lowest BCUT2D eigenvalue weighted by molar-refractivity contribution is -0.122. The maximum atomic E-state index is 12.2. The second kappa shape index (κ2) is 8.14. The summed E-state index contributed by atoms with van der Waals surface area (Å²) in [6.45, 7) is 5.04. The molecule has 7 heteroatoms. The van der Waals surface area contributed by atoms with Crippen LogP contribution in [0.25, 0.3) is 0 Å². The fourth-order valence-corrected chi connectivity index (χ4v) is 2.34. The number of rotatable bonds is 6. The molecule has 1 aromatic heterocycles. The summed E-state index contributed by atoms with van der Waals surface area (Å²) in [6.07, 6.45) is 1.91. The summed E-state index contributed by atoms with van der Waals surface area (Å²) in [4.78, 5) is 24.2. The topological polar surface area (TPSA) is 88.0 Å². The van der Waals surface area contributed by atoms with Crippen LogP contribution in [0.1, 0.15) is 29.8 Å². The van der Waals surface area contributed by atoms with Crippen LogP contribution in [0.4, 0.5) is 4.79 Å². The molecule has 0 bridgehead atoms. The standard InChI is InChI=1S/C17H23N5O2/c1-4-22-11-14(12(2)21-22)10-19-17(24)20-15(16(23)18-3)13-8-6-5-7-9-13/h5-9,11,15H,4,10H2,1-3H3,(H,18,23)(H2,19,20,24)/t15-/m0/s1. The molecule has 0 radical (unpaired) electrons. The number of likely N-dealkylation sites (N-methyl/N-ethyl adjacent to an activating group) is 1. The predicted octanol–water partition coefficient (Wildman–Crippen LogP) is 1.50. The number of hydrogen-bond acceptors (Lipinski definition) is 3. The van der Waals surface area contributed by atoms with Gasteiger partial charge in [0.2, 0.25) is 5.91 Å². The van der Waals surface area contributed by atoms with Gasteiger partial charge in [0, 0.05) is 31.9 Å². The molecule has 0 saturated carbocycles. The van der Waals surface area contributed by atoms with E-state index in [9.17, 15) is 9.59 Å². The van der Waals surface area contributed by atoms with Crippen LogP contribution in [-0.2, 0) is 17.9 Å². The summed E-state index contributed by atoms with van der Waals surface area (Å²) in [5.41, 5.74) is 2.55. The van der Waals surface area contributed by atoms with Gasteiger partial charge in [0.1, 0.15) is 6.04 Å². The zero-order chi connectivity index (χ0) is 17.5. The van der Waals surface area contributed by atoms with Crippen molar-refractivity contribution in [1.82, 2.24) is 25.7 Å². The molecule has 128 valence electrons. The Labute approximate surface area is 141 Å². The summed E-state index contributed by atoms with van der Waals surface area (Å²) < 4.78 is 1.82. The first-order valence-electron chi connectivity index (χ1n) is 7.89. The fourth-order valence-electron chi connectivity index (χ4n) is 2.34. The average Bonchev–Trinajstić information content (AvgIpc) is 2.98. The van der Waals surface area contributed by atoms with Gasteiger partial charge in [-0.3, -0.25) is 9.48 Å². The molecule has 24 heavy (non-hydrogen) atoms. The number of aromatic nitrogens is 2. The third kappa shape index (κ3) is 4.34. The lowest BCUT2D eigenvalue weighted by Gasteiger charge is -2.18. The molecule has 0 unspecified atom stereocenters. The van der Waals surface area contributed by atoms with Crippen LogP contribution in [0.5, 0.6) is 0 Å². The monoisotopic (exact) mass is 329 g/mol. The quantitative estimate of drug-likeness (QED) is 0.750. The zero-order valence-corrected chi connectivity index (χ0v) is 14.2. The minimum atomic E-state index is -0.740. The minimum Gasteiger partial charge on any atom is -0.357 e. The van der Waals surface area contributed by atoms with Crippen LogP contribution < -0.4 is 16.0 Å². The molecule has 1 aromatic carbocycles. The Morgan fingerprint density at radius 1 is 1.25 bits per heavy atom. The largest absolute Gasteiger partial charge is 0.357 e. The van der Waals surface area contributed by atoms with Gasteiger partial charge in [-0.15, -0.1) is 0 Å². The minimum absolute atomic E-state index is 0.272. The number of benzene rings is 1. The lowest BCUT2D eigenvalue weighted by Crippen LogP contribution is -2.43. The van der Waals surface area contributed by atoms with Crippen molar-refractivity contribution in [2.24, 2.45) is 0 Å². The van der Waals surface area contributed by atoms with Gasteiger partial charge >= 0.3 is 6.03 Å². The molecule has 2 rings (SSSR count). The van der Waals surface area contributed by atoms with Crippen LogP contribution in [0.15, 0.2) is 36.5 Å². The molecule has 3 amide bonds. The summed E-state index contributed by atoms with van der Waals surface area (Å²) in [6, 6.07) is 7.97. The van der Waals surface area contributed by atoms with E-state index in [2.05, 4.69) is 21.0 Å². The average molecular weight is 329 g/mol. The number of carbonyl (C=O) groups is 2.